The Bertz CT molecular complexity index is 1690. The molecule has 0 aromatic heterocycles. The van der Waals surface area contributed by atoms with Crippen molar-refractivity contribution < 1.29 is 80.2 Å². The van der Waals surface area contributed by atoms with Crippen LogP contribution >= 0.6 is 15.6 Å². The molecule has 0 rings (SSSR count). The first kappa shape index (κ1) is 84.1. The van der Waals surface area contributed by atoms with Crippen molar-refractivity contribution in [2.75, 3.05) is 39.6 Å². The van der Waals surface area contributed by atoms with Crippen molar-refractivity contribution in [3.8, 4) is 0 Å². The Hall–Kier alpha value is -1.94. The lowest BCUT2D eigenvalue weighted by Gasteiger charge is -2.21. The summed E-state index contributed by atoms with van der Waals surface area (Å²) in [7, 11) is -9.88. The van der Waals surface area contributed by atoms with E-state index in [1.165, 1.54) is 135 Å². The van der Waals surface area contributed by atoms with Gasteiger partial charge in [0, 0.05) is 25.7 Å². The van der Waals surface area contributed by atoms with Crippen LogP contribution in [0.1, 0.15) is 337 Å². The van der Waals surface area contributed by atoms with Gasteiger partial charge in [0.1, 0.15) is 19.3 Å². The third-order valence-electron chi connectivity index (χ3n) is 15.8. The SMILES string of the molecule is CCCCCCCCCCC(=O)O[C@H](COC(=O)CCCCCCCCC)COP(=O)(O)OC[C@H](O)COP(=O)(O)OC[C@@H](COC(=O)CCCCCCCCCCC(C)CC)OC(=O)CCCCCCCCCCCCCCCCCCC(C)C. The van der Waals surface area contributed by atoms with Crippen molar-refractivity contribution in [2.45, 2.75) is 355 Å². The second-order valence-electron chi connectivity index (χ2n) is 24.9. The molecule has 0 aromatic rings. The molecule has 19 heteroatoms. The summed E-state index contributed by atoms with van der Waals surface area (Å²) < 4.78 is 68.0. The lowest BCUT2D eigenvalue weighted by atomic mass is 9.99. The highest BCUT2D eigenvalue weighted by molar-refractivity contribution is 7.47. The second kappa shape index (κ2) is 59.4. The van der Waals surface area contributed by atoms with Gasteiger partial charge in [0.2, 0.25) is 0 Å². The molecular formula is C67H130O17P2. The van der Waals surface area contributed by atoms with Crippen LogP contribution in [0, 0.1) is 11.8 Å². The Morgan fingerprint density at radius 2 is 0.593 bits per heavy atom. The Kier molecular flexibility index (Phi) is 58.0. The summed E-state index contributed by atoms with van der Waals surface area (Å²) in [5, 5.41) is 10.5. The Morgan fingerprint density at radius 1 is 0.337 bits per heavy atom. The van der Waals surface area contributed by atoms with E-state index in [1.807, 2.05) is 0 Å². The summed E-state index contributed by atoms with van der Waals surface area (Å²) >= 11 is 0. The van der Waals surface area contributed by atoms with E-state index in [-0.39, 0.29) is 25.7 Å². The third-order valence-corrected chi connectivity index (χ3v) is 17.7. The Morgan fingerprint density at radius 3 is 0.884 bits per heavy atom. The van der Waals surface area contributed by atoms with E-state index in [0.717, 1.165) is 121 Å². The quantitative estimate of drug-likeness (QED) is 0.0222. The maximum absolute atomic E-state index is 13.0. The molecule has 0 spiro atoms. The molecule has 17 nitrogen and oxygen atoms in total. The molecule has 0 aliphatic heterocycles. The van der Waals surface area contributed by atoms with Gasteiger partial charge in [0.25, 0.3) is 0 Å². The van der Waals surface area contributed by atoms with E-state index < -0.39 is 97.5 Å². The number of esters is 4. The fraction of sp³-hybridized carbons (Fsp3) is 0.940. The number of hydrogen-bond acceptors (Lipinski definition) is 15. The molecule has 0 bridgehead atoms. The normalized spacial score (nSPS) is 14.5. The maximum atomic E-state index is 13.0. The van der Waals surface area contributed by atoms with Gasteiger partial charge in [-0.3, -0.25) is 37.3 Å². The first-order chi connectivity index (χ1) is 41.4. The zero-order valence-corrected chi connectivity index (χ0v) is 57.4. The minimum absolute atomic E-state index is 0.104. The second-order valence-corrected chi connectivity index (χ2v) is 27.8. The van der Waals surface area contributed by atoms with Gasteiger partial charge < -0.3 is 33.8 Å². The van der Waals surface area contributed by atoms with Crippen molar-refractivity contribution in [1.82, 2.24) is 0 Å². The third kappa shape index (κ3) is 59.7. The average molecular weight is 1270 g/mol. The highest BCUT2D eigenvalue weighted by atomic mass is 31.2. The van der Waals surface area contributed by atoms with E-state index in [1.54, 1.807) is 0 Å². The molecule has 0 aromatic carbocycles. The summed E-state index contributed by atoms with van der Waals surface area (Å²) in [6, 6.07) is 0. The van der Waals surface area contributed by atoms with Gasteiger partial charge in [0.05, 0.1) is 26.4 Å². The van der Waals surface area contributed by atoms with E-state index in [2.05, 4.69) is 41.5 Å². The summed E-state index contributed by atoms with van der Waals surface area (Å²) in [5.41, 5.74) is 0. The smallest absolute Gasteiger partial charge is 0.462 e. The van der Waals surface area contributed by atoms with E-state index in [0.29, 0.717) is 25.7 Å². The highest BCUT2D eigenvalue weighted by Crippen LogP contribution is 2.45. The maximum Gasteiger partial charge on any atom is 0.472 e. The molecule has 0 amide bonds. The van der Waals surface area contributed by atoms with Crippen LogP contribution in [-0.2, 0) is 65.4 Å². The number of aliphatic hydroxyl groups is 1. The number of hydrogen-bond donors (Lipinski definition) is 3. The molecule has 0 aliphatic rings. The van der Waals surface area contributed by atoms with Crippen LogP contribution in [0.15, 0.2) is 0 Å². The Labute approximate surface area is 524 Å². The summed E-state index contributed by atoms with van der Waals surface area (Å²) in [6.45, 7) is 9.48. The summed E-state index contributed by atoms with van der Waals surface area (Å²) in [5.74, 6) is -0.550. The average Bonchev–Trinajstić information content (AvgIpc) is 3.59. The number of unbranched alkanes of at least 4 members (excludes halogenated alkanes) is 35. The highest BCUT2D eigenvalue weighted by Gasteiger charge is 2.30. The molecule has 0 saturated heterocycles. The van der Waals surface area contributed by atoms with Gasteiger partial charge in [0.15, 0.2) is 12.2 Å². The van der Waals surface area contributed by atoms with Crippen LogP contribution in [0.25, 0.3) is 0 Å². The van der Waals surface area contributed by atoms with Crippen LogP contribution in [-0.4, -0.2) is 96.7 Å². The first-order valence-corrected chi connectivity index (χ1v) is 38.0. The molecule has 0 aliphatic carbocycles. The molecule has 0 saturated carbocycles. The number of phosphoric acid groups is 2. The lowest BCUT2D eigenvalue weighted by molar-refractivity contribution is -0.161. The van der Waals surface area contributed by atoms with Crippen LogP contribution < -0.4 is 0 Å². The molecule has 6 atom stereocenters. The van der Waals surface area contributed by atoms with Crippen molar-refractivity contribution >= 4 is 39.5 Å². The number of carbonyl (C=O) groups is 4. The summed E-state index contributed by atoms with van der Waals surface area (Å²) in [4.78, 5) is 72.1. The van der Waals surface area contributed by atoms with Crippen molar-refractivity contribution in [3.63, 3.8) is 0 Å². The van der Waals surface area contributed by atoms with Gasteiger partial charge in [-0.1, -0.05) is 286 Å². The number of aliphatic hydroxyl groups excluding tert-OH is 1. The van der Waals surface area contributed by atoms with Crippen LogP contribution in [0.2, 0.25) is 0 Å². The van der Waals surface area contributed by atoms with E-state index >= 15 is 0 Å². The molecule has 0 radical (unpaired) electrons. The molecule has 3 unspecified atom stereocenters. The largest absolute Gasteiger partial charge is 0.472 e. The molecule has 0 fully saturated rings. The first-order valence-electron chi connectivity index (χ1n) is 35.0. The predicted molar refractivity (Wildman–Crippen MR) is 345 cm³/mol. The fourth-order valence-corrected chi connectivity index (χ4v) is 11.6. The van der Waals surface area contributed by atoms with Gasteiger partial charge in [-0.05, 0) is 37.5 Å². The molecule has 86 heavy (non-hydrogen) atoms. The van der Waals surface area contributed by atoms with Gasteiger partial charge >= 0.3 is 39.5 Å². The van der Waals surface area contributed by atoms with Crippen LogP contribution in [0.4, 0.5) is 0 Å². The van der Waals surface area contributed by atoms with Gasteiger partial charge in [-0.2, -0.15) is 0 Å². The lowest BCUT2D eigenvalue weighted by Crippen LogP contribution is -2.30. The zero-order valence-electron chi connectivity index (χ0n) is 55.6. The van der Waals surface area contributed by atoms with Crippen molar-refractivity contribution in [1.29, 1.82) is 0 Å². The monoisotopic (exact) mass is 1270 g/mol. The molecule has 0 heterocycles. The van der Waals surface area contributed by atoms with Gasteiger partial charge in [-0.15, -0.1) is 0 Å². The van der Waals surface area contributed by atoms with Crippen LogP contribution in [0.5, 0.6) is 0 Å². The number of phosphoric ester groups is 2. The predicted octanol–water partition coefficient (Wildman–Crippen LogP) is 18.8. The Balaban J connectivity index is 5.16. The molecule has 510 valence electrons. The van der Waals surface area contributed by atoms with E-state index in [9.17, 15) is 43.2 Å². The standard InChI is InChI=1S/C67H130O17P2/c1-7-10-12-14-16-32-39-45-51-66(71)83-62(55-77-64(69)49-43-37-29-15-13-11-8-2)57-81-85(73,74)79-53-61(68)54-80-86(75,76)82-58-63(56-78-65(70)50-44-38-33-28-27-31-36-42-48-60(6)9-3)84-67(72)52-46-40-34-26-24-22-20-18-17-19-21-23-25-30-35-41-47-59(4)5/h59-63,68H,7-58H2,1-6H3,(H,73,74)(H,75,76)/t60?,61-,62+,63+/m0/s1. The number of ether oxygens (including phenoxy) is 4. The minimum Gasteiger partial charge on any atom is -0.462 e. The minimum atomic E-state index is -4.95. The number of rotatable bonds is 66. The number of carbonyl (C=O) groups excluding carboxylic acids is 4. The zero-order chi connectivity index (χ0) is 63.6. The molecule has 3 N–H and O–H groups in total. The fourth-order valence-electron chi connectivity index (χ4n) is 10.0. The van der Waals surface area contributed by atoms with Crippen molar-refractivity contribution in [3.05, 3.63) is 0 Å². The van der Waals surface area contributed by atoms with Crippen molar-refractivity contribution in [2.24, 2.45) is 11.8 Å². The van der Waals surface area contributed by atoms with Crippen LogP contribution in [0.3, 0.4) is 0 Å². The van der Waals surface area contributed by atoms with E-state index in [4.69, 9.17) is 37.0 Å². The summed E-state index contributed by atoms with van der Waals surface area (Å²) in [6.07, 6.45) is 43.3. The topological polar surface area (TPSA) is 237 Å². The molecular weight excluding hydrogens is 1140 g/mol. The van der Waals surface area contributed by atoms with Gasteiger partial charge in [-0.25, -0.2) is 9.13 Å².